The van der Waals surface area contributed by atoms with Crippen molar-refractivity contribution < 1.29 is 14.6 Å². The summed E-state index contributed by atoms with van der Waals surface area (Å²) in [7, 11) is 0. The first-order valence-electron chi connectivity index (χ1n) is 5.97. The van der Waals surface area contributed by atoms with Crippen molar-refractivity contribution in [3.05, 3.63) is 64.1 Å². The molecule has 0 aromatic heterocycles. The number of hydrogen-bond acceptors (Lipinski definition) is 3. The first-order valence-corrected chi connectivity index (χ1v) is 6.77. The summed E-state index contributed by atoms with van der Waals surface area (Å²) in [6.45, 7) is 0. The number of hydrogen-bond donors (Lipinski definition) is 1. The van der Waals surface area contributed by atoms with E-state index in [1.54, 1.807) is 24.3 Å². The van der Waals surface area contributed by atoms with Gasteiger partial charge in [0.25, 0.3) is 0 Å². The standard InChI is InChI=1S/C16H10BrNO3/c17-13-3-1-2-4-15(13)21-14-7-5-11(6-8-16(19)20)9-12(14)10-18/h1-9H,(H,19,20)/b8-6+. The first-order chi connectivity index (χ1) is 10.1. The number of rotatable bonds is 4. The predicted molar refractivity (Wildman–Crippen MR) is 82.0 cm³/mol. The second-order valence-electron chi connectivity index (χ2n) is 4.07. The molecular weight excluding hydrogens is 334 g/mol. The molecule has 0 heterocycles. The van der Waals surface area contributed by atoms with Crippen LogP contribution in [0.3, 0.4) is 0 Å². The van der Waals surface area contributed by atoms with Crippen LogP contribution in [0.1, 0.15) is 11.1 Å². The summed E-state index contributed by atoms with van der Waals surface area (Å²) in [5.74, 6) is -0.0262. The lowest BCUT2D eigenvalue weighted by Gasteiger charge is -2.09. The van der Waals surface area contributed by atoms with Gasteiger partial charge in [0.1, 0.15) is 17.6 Å². The fourth-order valence-corrected chi connectivity index (χ4v) is 2.01. The number of aliphatic carboxylic acids is 1. The third-order valence-corrected chi connectivity index (χ3v) is 3.25. The van der Waals surface area contributed by atoms with Crippen molar-refractivity contribution in [2.24, 2.45) is 0 Å². The zero-order valence-corrected chi connectivity index (χ0v) is 12.4. The topological polar surface area (TPSA) is 70.3 Å². The van der Waals surface area contributed by atoms with E-state index in [0.29, 0.717) is 22.6 Å². The molecule has 5 heteroatoms. The highest BCUT2D eigenvalue weighted by Crippen LogP contribution is 2.31. The van der Waals surface area contributed by atoms with Crippen LogP contribution in [0.25, 0.3) is 6.08 Å². The van der Waals surface area contributed by atoms with E-state index in [-0.39, 0.29) is 0 Å². The second kappa shape index (κ2) is 6.73. The summed E-state index contributed by atoms with van der Waals surface area (Å²) in [5, 5.41) is 17.8. The molecule has 2 aromatic carbocycles. The minimum absolute atomic E-state index is 0.332. The zero-order valence-electron chi connectivity index (χ0n) is 10.8. The molecule has 0 saturated heterocycles. The average Bonchev–Trinajstić information content (AvgIpc) is 2.48. The second-order valence-corrected chi connectivity index (χ2v) is 4.93. The quantitative estimate of drug-likeness (QED) is 0.844. The summed E-state index contributed by atoms with van der Waals surface area (Å²) >= 11 is 3.37. The molecule has 0 aliphatic rings. The van der Waals surface area contributed by atoms with Crippen LogP contribution < -0.4 is 4.74 Å². The normalized spacial score (nSPS) is 10.3. The number of para-hydroxylation sites is 1. The number of carboxylic acid groups (broad SMARTS) is 1. The smallest absolute Gasteiger partial charge is 0.328 e. The molecule has 0 bridgehead atoms. The van der Waals surface area contributed by atoms with Gasteiger partial charge in [-0.3, -0.25) is 0 Å². The highest BCUT2D eigenvalue weighted by molar-refractivity contribution is 9.10. The van der Waals surface area contributed by atoms with Crippen LogP contribution in [-0.4, -0.2) is 11.1 Å². The molecule has 104 valence electrons. The van der Waals surface area contributed by atoms with Crippen molar-refractivity contribution in [3.8, 4) is 17.6 Å². The molecule has 2 aromatic rings. The lowest BCUT2D eigenvalue weighted by Crippen LogP contribution is -1.90. The van der Waals surface area contributed by atoms with Crippen LogP contribution in [0.2, 0.25) is 0 Å². The number of benzene rings is 2. The number of carboxylic acids is 1. The SMILES string of the molecule is N#Cc1cc(/C=C/C(=O)O)ccc1Oc1ccccc1Br. The van der Waals surface area contributed by atoms with E-state index in [2.05, 4.69) is 15.9 Å². The molecule has 4 nitrogen and oxygen atoms in total. The Morgan fingerprint density at radius 3 is 2.67 bits per heavy atom. The Hall–Kier alpha value is -2.58. The molecule has 21 heavy (non-hydrogen) atoms. The number of carbonyl (C=O) groups is 1. The number of nitriles is 1. The summed E-state index contributed by atoms with van der Waals surface area (Å²) in [5.41, 5.74) is 0.951. The molecule has 0 aliphatic carbocycles. The highest BCUT2D eigenvalue weighted by atomic mass is 79.9. The van der Waals surface area contributed by atoms with Crippen molar-refractivity contribution in [1.82, 2.24) is 0 Å². The molecule has 0 unspecified atom stereocenters. The molecule has 2 rings (SSSR count). The molecule has 0 aliphatic heterocycles. The van der Waals surface area contributed by atoms with Crippen LogP contribution in [0.15, 0.2) is 53.0 Å². The highest BCUT2D eigenvalue weighted by Gasteiger charge is 2.07. The van der Waals surface area contributed by atoms with Crippen LogP contribution >= 0.6 is 15.9 Å². The summed E-state index contributed by atoms with van der Waals surface area (Å²) in [6, 6.07) is 14.3. The Morgan fingerprint density at radius 1 is 1.24 bits per heavy atom. The molecule has 0 fully saturated rings. The fourth-order valence-electron chi connectivity index (χ4n) is 1.64. The van der Waals surface area contributed by atoms with Gasteiger partial charge in [0, 0.05) is 6.08 Å². The van der Waals surface area contributed by atoms with Crippen molar-refractivity contribution in [2.75, 3.05) is 0 Å². The van der Waals surface area contributed by atoms with E-state index in [1.807, 2.05) is 24.3 Å². The lowest BCUT2D eigenvalue weighted by atomic mass is 10.1. The van der Waals surface area contributed by atoms with E-state index < -0.39 is 5.97 Å². The van der Waals surface area contributed by atoms with E-state index in [0.717, 1.165) is 10.5 Å². The van der Waals surface area contributed by atoms with Gasteiger partial charge in [0.2, 0.25) is 0 Å². The van der Waals surface area contributed by atoms with Crippen molar-refractivity contribution in [1.29, 1.82) is 5.26 Å². The third-order valence-electron chi connectivity index (χ3n) is 2.60. The van der Waals surface area contributed by atoms with Gasteiger partial charge >= 0.3 is 5.97 Å². The van der Waals surface area contributed by atoms with Crippen LogP contribution in [0.4, 0.5) is 0 Å². The zero-order chi connectivity index (χ0) is 15.2. The Kier molecular flexibility index (Phi) is 4.75. The maximum Gasteiger partial charge on any atom is 0.328 e. The third kappa shape index (κ3) is 3.94. The fraction of sp³-hybridized carbons (Fsp3) is 0. The van der Waals surface area contributed by atoms with Gasteiger partial charge < -0.3 is 9.84 Å². The Balaban J connectivity index is 2.31. The number of halogens is 1. The van der Waals surface area contributed by atoms with Crippen LogP contribution in [0, 0.1) is 11.3 Å². The molecule has 1 N–H and O–H groups in total. The van der Waals surface area contributed by atoms with Gasteiger partial charge in [-0.2, -0.15) is 5.26 Å². The molecule has 0 amide bonds. The average molecular weight is 344 g/mol. The van der Waals surface area contributed by atoms with E-state index >= 15 is 0 Å². The molecular formula is C16H10BrNO3. The minimum atomic E-state index is -1.04. The van der Waals surface area contributed by atoms with E-state index in [4.69, 9.17) is 9.84 Å². The molecule has 0 spiro atoms. The molecule has 0 atom stereocenters. The molecule has 0 radical (unpaired) electrons. The van der Waals surface area contributed by atoms with Crippen molar-refractivity contribution >= 4 is 28.0 Å². The number of ether oxygens (including phenoxy) is 1. The molecule has 0 saturated carbocycles. The van der Waals surface area contributed by atoms with Gasteiger partial charge in [0.05, 0.1) is 10.0 Å². The Bertz CT molecular complexity index is 747. The van der Waals surface area contributed by atoms with Gasteiger partial charge in [-0.25, -0.2) is 4.79 Å². The summed E-state index contributed by atoms with van der Waals surface area (Å²) < 4.78 is 6.48. The van der Waals surface area contributed by atoms with Gasteiger partial charge in [0.15, 0.2) is 0 Å². The maximum atomic E-state index is 10.5. The van der Waals surface area contributed by atoms with E-state index in [9.17, 15) is 10.1 Å². The van der Waals surface area contributed by atoms with Gasteiger partial charge in [-0.15, -0.1) is 0 Å². The van der Waals surface area contributed by atoms with Crippen LogP contribution in [0.5, 0.6) is 11.5 Å². The Labute approximate surface area is 130 Å². The van der Waals surface area contributed by atoms with Gasteiger partial charge in [-0.1, -0.05) is 18.2 Å². The summed E-state index contributed by atoms with van der Waals surface area (Å²) in [4.78, 5) is 10.5. The minimum Gasteiger partial charge on any atom is -0.478 e. The monoisotopic (exact) mass is 343 g/mol. The van der Waals surface area contributed by atoms with Crippen LogP contribution in [-0.2, 0) is 4.79 Å². The predicted octanol–water partition coefficient (Wildman–Crippen LogP) is 4.21. The largest absolute Gasteiger partial charge is 0.478 e. The van der Waals surface area contributed by atoms with E-state index in [1.165, 1.54) is 6.08 Å². The maximum absolute atomic E-state index is 10.5. The number of nitrogens with zero attached hydrogens (tertiary/aromatic N) is 1. The first kappa shape index (κ1) is 14.8. The lowest BCUT2D eigenvalue weighted by molar-refractivity contribution is -0.131. The van der Waals surface area contributed by atoms with Crippen molar-refractivity contribution in [2.45, 2.75) is 0 Å². The van der Waals surface area contributed by atoms with Gasteiger partial charge in [-0.05, 0) is 51.8 Å². The summed E-state index contributed by atoms with van der Waals surface area (Å²) in [6.07, 6.45) is 2.44. The van der Waals surface area contributed by atoms with Crippen molar-refractivity contribution in [3.63, 3.8) is 0 Å². The Morgan fingerprint density at radius 2 is 2.00 bits per heavy atom.